The molecule has 0 aliphatic carbocycles. The van der Waals surface area contributed by atoms with Gasteiger partial charge in [0.2, 0.25) is 0 Å². The van der Waals surface area contributed by atoms with Gasteiger partial charge in [0.15, 0.2) is 0 Å². The number of aliphatic carboxylic acids is 1. The van der Waals surface area contributed by atoms with Crippen LogP contribution in [0.3, 0.4) is 0 Å². The van der Waals surface area contributed by atoms with E-state index in [9.17, 15) is 9.59 Å². The normalized spacial score (nSPS) is 11.9. The van der Waals surface area contributed by atoms with Crippen LogP contribution in [-0.2, 0) is 4.79 Å². The highest BCUT2D eigenvalue weighted by molar-refractivity contribution is 5.75. The maximum Gasteiger partial charge on any atom is 0.314 e. The third-order valence-corrected chi connectivity index (χ3v) is 2.81. The molecule has 0 radical (unpaired) electrons. The Labute approximate surface area is 109 Å². The van der Waals surface area contributed by atoms with Gasteiger partial charge in [-0.05, 0) is 12.8 Å². The summed E-state index contributed by atoms with van der Waals surface area (Å²) in [5.74, 6) is -1.33. The van der Waals surface area contributed by atoms with Crippen molar-refractivity contribution in [3.05, 3.63) is 0 Å². The predicted molar refractivity (Wildman–Crippen MR) is 71.6 cm³/mol. The lowest BCUT2D eigenvalue weighted by atomic mass is 10.0. The molecule has 0 aliphatic rings. The molecule has 106 valence electrons. The van der Waals surface area contributed by atoms with Crippen molar-refractivity contribution in [2.24, 2.45) is 5.92 Å². The maximum absolute atomic E-state index is 11.4. The van der Waals surface area contributed by atoms with E-state index in [4.69, 9.17) is 5.11 Å². The monoisotopic (exact) mass is 258 g/mol. The first-order valence-electron chi connectivity index (χ1n) is 6.86. The fraction of sp³-hybridized carbons (Fsp3) is 0.846. The number of carbonyl (C=O) groups excluding carboxylic acids is 1. The summed E-state index contributed by atoms with van der Waals surface area (Å²) in [6.07, 6.45) is 5.83. The minimum atomic E-state index is -0.847. The molecular weight excluding hydrogens is 232 g/mol. The summed E-state index contributed by atoms with van der Waals surface area (Å²) in [6.45, 7) is 4.92. The standard InChI is InChI=1S/C13H26N2O3/c1-3-5-6-7-9-14-13(18)15-10-11(8-4-2)12(16)17/h11H,3-10H2,1-2H3,(H,16,17)(H2,14,15,18). The van der Waals surface area contributed by atoms with E-state index in [1.807, 2.05) is 6.92 Å². The van der Waals surface area contributed by atoms with Crippen LogP contribution in [0.15, 0.2) is 0 Å². The SMILES string of the molecule is CCCCCCNC(=O)NCC(CCC)C(=O)O. The van der Waals surface area contributed by atoms with Crippen LogP contribution in [0.5, 0.6) is 0 Å². The smallest absolute Gasteiger partial charge is 0.314 e. The van der Waals surface area contributed by atoms with Crippen molar-refractivity contribution < 1.29 is 14.7 Å². The van der Waals surface area contributed by atoms with Gasteiger partial charge in [0.25, 0.3) is 0 Å². The molecule has 0 aromatic heterocycles. The van der Waals surface area contributed by atoms with Gasteiger partial charge in [-0.1, -0.05) is 39.5 Å². The molecule has 0 fully saturated rings. The average molecular weight is 258 g/mol. The van der Waals surface area contributed by atoms with Gasteiger partial charge in [-0.2, -0.15) is 0 Å². The molecule has 1 unspecified atom stereocenters. The van der Waals surface area contributed by atoms with Gasteiger partial charge < -0.3 is 15.7 Å². The summed E-state index contributed by atoms with van der Waals surface area (Å²) < 4.78 is 0. The van der Waals surface area contributed by atoms with Crippen molar-refractivity contribution >= 4 is 12.0 Å². The fourth-order valence-electron chi connectivity index (χ4n) is 1.69. The van der Waals surface area contributed by atoms with Gasteiger partial charge in [0, 0.05) is 13.1 Å². The second kappa shape index (κ2) is 10.9. The zero-order valence-corrected chi connectivity index (χ0v) is 11.5. The molecule has 1 atom stereocenters. The molecule has 0 rings (SSSR count). The quantitative estimate of drug-likeness (QED) is 0.526. The number of carbonyl (C=O) groups is 2. The van der Waals surface area contributed by atoms with E-state index in [2.05, 4.69) is 17.6 Å². The predicted octanol–water partition coefficient (Wildman–Crippen LogP) is 2.37. The van der Waals surface area contributed by atoms with Crippen molar-refractivity contribution in [3.8, 4) is 0 Å². The highest BCUT2D eigenvalue weighted by Gasteiger charge is 2.16. The molecule has 5 nitrogen and oxygen atoms in total. The summed E-state index contributed by atoms with van der Waals surface area (Å²) >= 11 is 0. The number of carboxylic acids is 1. The number of rotatable bonds is 10. The van der Waals surface area contributed by atoms with Crippen LogP contribution in [0.25, 0.3) is 0 Å². The lowest BCUT2D eigenvalue weighted by Crippen LogP contribution is -2.40. The summed E-state index contributed by atoms with van der Waals surface area (Å²) in [5.41, 5.74) is 0. The van der Waals surface area contributed by atoms with E-state index in [0.29, 0.717) is 13.0 Å². The molecule has 18 heavy (non-hydrogen) atoms. The van der Waals surface area contributed by atoms with E-state index >= 15 is 0 Å². The van der Waals surface area contributed by atoms with Gasteiger partial charge >= 0.3 is 12.0 Å². The molecule has 0 spiro atoms. The first kappa shape index (κ1) is 16.7. The number of urea groups is 1. The molecular formula is C13H26N2O3. The lowest BCUT2D eigenvalue weighted by Gasteiger charge is -2.12. The fourth-order valence-corrected chi connectivity index (χ4v) is 1.69. The second-order valence-electron chi connectivity index (χ2n) is 4.52. The van der Waals surface area contributed by atoms with E-state index in [1.54, 1.807) is 0 Å². The van der Waals surface area contributed by atoms with Crippen LogP contribution in [0.4, 0.5) is 4.79 Å². The molecule has 2 amide bonds. The van der Waals surface area contributed by atoms with Crippen LogP contribution >= 0.6 is 0 Å². The van der Waals surface area contributed by atoms with E-state index in [0.717, 1.165) is 19.3 Å². The molecule has 0 saturated carbocycles. The highest BCUT2D eigenvalue weighted by atomic mass is 16.4. The Bertz CT molecular complexity index is 244. The lowest BCUT2D eigenvalue weighted by molar-refractivity contribution is -0.141. The van der Waals surface area contributed by atoms with Crippen LogP contribution in [0.2, 0.25) is 0 Å². The number of unbranched alkanes of at least 4 members (excludes halogenated alkanes) is 3. The number of nitrogens with one attached hydrogen (secondary N) is 2. The molecule has 0 saturated heterocycles. The Morgan fingerprint density at radius 1 is 1.06 bits per heavy atom. The molecule has 0 aliphatic heterocycles. The van der Waals surface area contributed by atoms with Gasteiger partial charge in [0.1, 0.15) is 0 Å². The van der Waals surface area contributed by atoms with E-state index in [1.165, 1.54) is 12.8 Å². The molecule has 3 N–H and O–H groups in total. The summed E-state index contributed by atoms with van der Waals surface area (Å²) in [7, 11) is 0. The summed E-state index contributed by atoms with van der Waals surface area (Å²) in [6, 6.07) is -0.270. The van der Waals surface area contributed by atoms with Crippen molar-refractivity contribution in [3.63, 3.8) is 0 Å². The minimum Gasteiger partial charge on any atom is -0.481 e. The van der Waals surface area contributed by atoms with Crippen LogP contribution in [0.1, 0.15) is 52.4 Å². The van der Waals surface area contributed by atoms with Gasteiger partial charge in [-0.15, -0.1) is 0 Å². The number of hydrogen-bond donors (Lipinski definition) is 3. The molecule has 0 aromatic rings. The highest BCUT2D eigenvalue weighted by Crippen LogP contribution is 2.04. The Morgan fingerprint density at radius 3 is 2.33 bits per heavy atom. The molecule has 0 heterocycles. The zero-order valence-electron chi connectivity index (χ0n) is 11.5. The topological polar surface area (TPSA) is 78.4 Å². The number of amides is 2. The second-order valence-corrected chi connectivity index (χ2v) is 4.52. The third-order valence-electron chi connectivity index (χ3n) is 2.81. The maximum atomic E-state index is 11.4. The number of hydrogen-bond acceptors (Lipinski definition) is 2. The Kier molecular flexibility index (Phi) is 10.1. The van der Waals surface area contributed by atoms with Crippen molar-refractivity contribution in [1.29, 1.82) is 0 Å². The van der Waals surface area contributed by atoms with Crippen LogP contribution < -0.4 is 10.6 Å². The Balaban J connectivity index is 3.64. The first-order valence-corrected chi connectivity index (χ1v) is 6.86. The number of carboxylic acid groups (broad SMARTS) is 1. The first-order chi connectivity index (χ1) is 8.61. The van der Waals surface area contributed by atoms with E-state index in [-0.39, 0.29) is 12.6 Å². The minimum absolute atomic E-state index is 0.198. The largest absolute Gasteiger partial charge is 0.481 e. The van der Waals surface area contributed by atoms with E-state index < -0.39 is 11.9 Å². The zero-order chi connectivity index (χ0) is 13.8. The van der Waals surface area contributed by atoms with Crippen molar-refractivity contribution in [2.75, 3.05) is 13.1 Å². The van der Waals surface area contributed by atoms with Gasteiger partial charge in [-0.3, -0.25) is 4.79 Å². The summed E-state index contributed by atoms with van der Waals surface area (Å²) in [4.78, 5) is 22.3. The molecule has 5 heteroatoms. The third kappa shape index (κ3) is 8.84. The van der Waals surface area contributed by atoms with Gasteiger partial charge in [-0.25, -0.2) is 4.79 Å². The van der Waals surface area contributed by atoms with Gasteiger partial charge in [0.05, 0.1) is 5.92 Å². The van der Waals surface area contributed by atoms with Crippen LogP contribution in [0, 0.1) is 5.92 Å². The Morgan fingerprint density at radius 2 is 1.78 bits per heavy atom. The summed E-state index contributed by atoms with van der Waals surface area (Å²) in [5, 5.41) is 14.3. The van der Waals surface area contributed by atoms with Crippen molar-refractivity contribution in [1.82, 2.24) is 10.6 Å². The van der Waals surface area contributed by atoms with Crippen molar-refractivity contribution in [2.45, 2.75) is 52.4 Å². The van der Waals surface area contributed by atoms with Crippen LogP contribution in [-0.4, -0.2) is 30.2 Å². The molecule has 0 aromatic carbocycles. The average Bonchev–Trinajstić information content (AvgIpc) is 2.33. The molecule has 0 bridgehead atoms. The Hall–Kier alpha value is -1.26.